The van der Waals surface area contributed by atoms with Crippen molar-refractivity contribution in [1.29, 1.82) is 0 Å². The van der Waals surface area contributed by atoms with Crippen LogP contribution in [0.1, 0.15) is 21.9 Å². The predicted molar refractivity (Wildman–Crippen MR) is 99.1 cm³/mol. The summed E-state index contributed by atoms with van der Waals surface area (Å²) in [6.45, 7) is 0.334. The lowest BCUT2D eigenvalue weighted by atomic mass is 10.1. The number of carbonyl (C=O) groups is 1. The Morgan fingerprint density at radius 3 is 2.55 bits per heavy atom. The minimum atomic E-state index is -4.42. The molecule has 0 saturated heterocycles. The molecule has 2 aromatic carbocycles. The van der Waals surface area contributed by atoms with Gasteiger partial charge >= 0.3 is 6.18 Å². The summed E-state index contributed by atoms with van der Waals surface area (Å²) in [7, 11) is 0. The monoisotopic (exact) mass is 400 g/mol. The number of hydrogen-bond donors (Lipinski definition) is 2. The molecule has 2 aromatic heterocycles. The second-order valence-electron chi connectivity index (χ2n) is 6.32. The molecule has 0 atom stereocenters. The van der Waals surface area contributed by atoms with Gasteiger partial charge < -0.3 is 14.7 Å². The maximum absolute atomic E-state index is 12.6. The van der Waals surface area contributed by atoms with Gasteiger partial charge in [0.2, 0.25) is 5.89 Å². The highest BCUT2D eigenvalue weighted by Crippen LogP contribution is 2.30. The van der Waals surface area contributed by atoms with Crippen LogP contribution in [0.4, 0.5) is 13.2 Å². The van der Waals surface area contributed by atoms with E-state index >= 15 is 0 Å². The van der Waals surface area contributed by atoms with Crippen LogP contribution in [0.3, 0.4) is 0 Å². The molecule has 1 amide bonds. The number of H-pyrrole nitrogens is 1. The summed E-state index contributed by atoms with van der Waals surface area (Å²) in [4.78, 5) is 23.9. The molecular weight excluding hydrogens is 385 g/mol. The number of amides is 1. The van der Waals surface area contributed by atoms with Crippen molar-refractivity contribution in [2.24, 2.45) is 0 Å². The third-order valence-electron chi connectivity index (χ3n) is 4.28. The Morgan fingerprint density at radius 2 is 1.83 bits per heavy atom. The first-order valence-electron chi connectivity index (χ1n) is 8.75. The van der Waals surface area contributed by atoms with Crippen molar-refractivity contribution >= 4 is 16.9 Å². The molecule has 6 nitrogen and oxygen atoms in total. The van der Waals surface area contributed by atoms with Crippen LogP contribution in [0.5, 0.6) is 0 Å². The summed E-state index contributed by atoms with van der Waals surface area (Å²) in [6.07, 6.45) is -2.74. The number of carbonyl (C=O) groups excluding carboxylic acids is 1. The fourth-order valence-electron chi connectivity index (χ4n) is 2.82. The van der Waals surface area contributed by atoms with Crippen LogP contribution in [0.2, 0.25) is 0 Å². The fourth-order valence-corrected chi connectivity index (χ4v) is 2.82. The molecule has 0 aliphatic rings. The molecule has 0 aliphatic carbocycles. The van der Waals surface area contributed by atoms with Crippen LogP contribution >= 0.6 is 0 Å². The van der Waals surface area contributed by atoms with Gasteiger partial charge in [-0.25, -0.2) is 9.97 Å². The normalized spacial score (nSPS) is 11.7. The van der Waals surface area contributed by atoms with E-state index in [0.29, 0.717) is 18.5 Å². The first kappa shape index (κ1) is 18.7. The van der Waals surface area contributed by atoms with E-state index in [1.807, 2.05) is 24.3 Å². The molecule has 0 aliphatic heterocycles. The average molecular weight is 400 g/mol. The molecule has 29 heavy (non-hydrogen) atoms. The average Bonchev–Trinajstić information content (AvgIpc) is 3.34. The van der Waals surface area contributed by atoms with E-state index in [0.717, 1.165) is 29.0 Å². The third kappa shape index (κ3) is 4.13. The minimum Gasteiger partial charge on any atom is -0.444 e. The van der Waals surface area contributed by atoms with E-state index in [1.165, 1.54) is 18.4 Å². The van der Waals surface area contributed by atoms with E-state index < -0.39 is 17.6 Å². The summed E-state index contributed by atoms with van der Waals surface area (Å²) in [6, 6.07) is 12.0. The fraction of sp³-hybridized carbons (Fsp3) is 0.150. The standard InChI is InChI=1S/C20H15F3N4O2/c21-20(22,23)13-7-5-12(6-8-13)19-27-16(11-29-19)18(28)24-10-9-17-25-14-3-1-2-4-15(14)26-17/h1-8,11H,9-10H2,(H,24,28)(H,25,26). The van der Waals surface area contributed by atoms with Gasteiger partial charge in [0.15, 0.2) is 5.69 Å². The van der Waals surface area contributed by atoms with E-state index in [-0.39, 0.29) is 11.6 Å². The predicted octanol–water partition coefficient (Wildman–Crippen LogP) is 4.21. The lowest BCUT2D eigenvalue weighted by molar-refractivity contribution is -0.137. The van der Waals surface area contributed by atoms with Gasteiger partial charge in [0.05, 0.1) is 16.6 Å². The lowest BCUT2D eigenvalue weighted by Crippen LogP contribution is -2.26. The second kappa shape index (κ2) is 7.42. The number of oxazole rings is 1. The summed E-state index contributed by atoms with van der Waals surface area (Å²) in [5.74, 6) is 0.376. The van der Waals surface area contributed by atoms with Crippen molar-refractivity contribution in [3.05, 3.63) is 71.9 Å². The van der Waals surface area contributed by atoms with Crippen LogP contribution in [-0.2, 0) is 12.6 Å². The number of alkyl halides is 3. The zero-order valence-electron chi connectivity index (χ0n) is 15.0. The molecule has 2 N–H and O–H groups in total. The van der Waals surface area contributed by atoms with Crippen molar-refractivity contribution in [2.75, 3.05) is 6.54 Å². The quantitative estimate of drug-likeness (QED) is 0.526. The number of aromatic amines is 1. The number of fused-ring (bicyclic) bond motifs is 1. The van der Waals surface area contributed by atoms with Gasteiger partial charge in [0, 0.05) is 18.5 Å². The van der Waals surface area contributed by atoms with E-state index in [4.69, 9.17) is 4.42 Å². The van der Waals surface area contributed by atoms with Crippen LogP contribution in [-0.4, -0.2) is 27.4 Å². The smallest absolute Gasteiger partial charge is 0.416 e. The SMILES string of the molecule is O=C(NCCc1nc2ccccc2[nH]1)c1coc(-c2ccc(C(F)(F)F)cc2)n1. The van der Waals surface area contributed by atoms with Crippen LogP contribution in [0, 0.1) is 0 Å². The second-order valence-corrected chi connectivity index (χ2v) is 6.32. The maximum Gasteiger partial charge on any atom is 0.416 e. The Morgan fingerprint density at radius 1 is 1.07 bits per heavy atom. The van der Waals surface area contributed by atoms with E-state index in [9.17, 15) is 18.0 Å². The molecule has 9 heteroatoms. The molecule has 4 aromatic rings. The first-order valence-corrected chi connectivity index (χ1v) is 8.75. The summed E-state index contributed by atoms with van der Waals surface area (Å²) in [5, 5.41) is 2.72. The van der Waals surface area contributed by atoms with Crippen LogP contribution in [0.15, 0.2) is 59.2 Å². The van der Waals surface area contributed by atoms with Crippen molar-refractivity contribution in [2.45, 2.75) is 12.6 Å². The Labute approximate surface area is 162 Å². The van der Waals surface area contributed by atoms with Crippen molar-refractivity contribution in [1.82, 2.24) is 20.3 Å². The highest BCUT2D eigenvalue weighted by Gasteiger charge is 2.30. The molecule has 0 saturated carbocycles. The number of benzene rings is 2. The van der Waals surface area contributed by atoms with Gasteiger partial charge in [0.25, 0.3) is 5.91 Å². The van der Waals surface area contributed by atoms with E-state index in [1.54, 1.807) is 0 Å². The highest BCUT2D eigenvalue weighted by molar-refractivity contribution is 5.92. The number of imidazole rings is 1. The molecule has 148 valence electrons. The molecule has 2 heterocycles. The Kier molecular flexibility index (Phi) is 4.79. The summed E-state index contributed by atoms with van der Waals surface area (Å²) >= 11 is 0. The Balaban J connectivity index is 1.36. The van der Waals surface area contributed by atoms with Gasteiger partial charge in [-0.3, -0.25) is 4.79 Å². The van der Waals surface area contributed by atoms with Crippen molar-refractivity contribution in [3.63, 3.8) is 0 Å². The van der Waals surface area contributed by atoms with Gasteiger partial charge in [-0.05, 0) is 36.4 Å². The molecule has 0 spiro atoms. The molecular formula is C20H15F3N4O2. The van der Waals surface area contributed by atoms with Gasteiger partial charge in [-0.2, -0.15) is 13.2 Å². The van der Waals surface area contributed by atoms with Crippen LogP contribution in [0.25, 0.3) is 22.5 Å². The molecule has 0 fully saturated rings. The Bertz CT molecular complexity index is 1110. The molecule has 0 bridgehead atoms. The zero-order chi connectivity index (χ0) is 20.4. The number of rotatable bonds is 5. The number of halogens is 3. The van der Waals surface area contributed by atoms with Gasteiger partial charge in [-0.1, -0.05) is 12.1 Å². The zero-order valence-corrected chi connectivity index (χ0v) is 15.0. The van der Waals surface area contributed by atoms with E-state index in [2.05, 4.69) is 20.3 Å². The number of para-hydroxylation sites is 2. The maximum atomic E-state index is 12.6. The van der Waals surface area contributed by atoms with Crippen molar-refractivity contribution < 1.29 is 22.4 Å². The molecule has 4 rings (SSSR count). The number of aromatic nitrogens is 3. The summed E-state index contributed by atoms with van der Waals surface area (Å²) in [5.41, 5.74) is 1.40. The molecule has 0 unspecified atom stereocenters. The minimum absolute atomic E-state index is 0.0458. The lowest BCUT2D eigenvalue weighted by Gasteiger charge is -2.06. The number of nitrogens with one attached hydrogen (secondary N) is 2. The van der Waals surface area contributed by atoms with Crippen molar-refractivity contribution in [3.8, 4) is 11.5 Å². The largest absolute Gasteiger partial charge is 0.444 e. The topological polar surface area (TPSA) is 83.8 Å². The molecule has 0 radical (unpaired) electrons. The van der Waals surface area contributed by atoms with Gasteiger partial charge in [0.1, 0.15) is 12.1 Å². The third-order valence-corrected chi connectivity index (χ3v) is 4.28. The number of hydrogen-bond acceptors (Lipinski definition) is 4. The first-order chi connectivity index (χ1) is 13.9. The Hall–Kier alpha value is -3.62. The van der Waals surface area contributed by atoms with Gasteiger partial charge in [-0.15, -0.1) is 0 Å². The number of nitrogens with zero attached hydrogens (tertiary/aromatic N) is 2. The highest BCUT2D eigenvalue weighted by atomic mass is 19.4. The summed E-state index contributed by atoms with van der Waals surface area (Å²) < 4.78 is 43.1. The van der Waals surface area contributed by atoms with Crippen LogP contribution < -0.4 is 5.32 Å².